The van der Waals surface area contributed by atoms with E-state index in [2.05, 4.69) is 43.8 Å². The standard InChI is InChI=1S/C24H31NO2/c1-18-9-10-21-11-12-22(26-3)15-23(21)24(18,13-14-25)16-19(2)27-17-20-7-5-4-6-8-20/h4-8,11-12,15,19H,1,9-10,13-14,16-17,25H2,2-3H3. The van der Waals surface area contributed by atoms with Crippen LogP contribution in [0.1, 0.15) is 42.9 Å². The third kappa shape index (κ3) is 4.26. The number of methoxy groups -OCH3 is 1. The Bertz CT molecular complexity index is 771. The van der Waals surface area contributed by atoms with Crippen molar-refractivity contribution in [3.63, 3.8) is 0 Å². The van der Waals surface area contributed by atoms with E-state index in [0.717, 1.165) is 31.4 Å². The Morgan fingerprint density at radius 1 is 1.15 bits per heavy atom. The van der Waals surface area contributed by atoms with Gasteiger partial charge in [-0.1, -0.05) is 48.6 Å². The van der Waals surface area contributed by atoms with Crippen molar-refractivity contribution in [2.24, 2.45) is 5.73 Å². The molecule has 1 aliphatic rings. The molecule has 2 aromatic rings. The van der Waals surface area contributed by atoms with Gasteiger partial charge in [-0.15, -0.1) is 0 Å². The molecule has 0 aromatic heterocycles. The van der Waals surface area contributed by atoms with Crippen LogP contribution < -0.4 is 10.5 Å². The summed E-state index contributed by atoms with van der Waals surface area (Å²) in [6, 6.07) is 16.7. The first kappa shape index (κ1) is 19.7. The highest BCUT2D eigenvalue weighted by molar-refractivity contribution is 5.49. The second-order valence-electron chi connectivity index (χ2n) is 7.56. The lowest BCUT2D eigenvalue weighted by atomic mass is 9.62. The van der Waals surface area contributed by atoms with E-state index in [1.807, 2.05) is 18.2 Å². The van der Waals surface area contributed by atoms with Gasteiger partial charge in [0.05, 0.1) is 19.8 Å². The molecule has 0 heterocycles. The van der Waals surface area contributed by atoms with Crippen LogP contribution in [0.2, 0.25) is 0 Å². The molecule has 2 N–H and O–H groups in total. The molecule has 0 saturated carbocycles. The average Bonchev–Trinajstić information content (AvgIpc) is 2.70. The van der Waals surface area contributed by atoms with E-state index < -0.39 is 0 Å². The molecule has 27 heavy (non-hydrogen) atoms. The normalized spacial score (nSPS) is 20.2. The summed E-state index contributed by atoms with van der Waals surface area (Å²) < 4.78 is 11.7. The van der Waals surface area contributed by atoms with Crippen LogP contribution in [0.4, 0.5) is 0 Å². The lowest BCUT2D eigenvalue weighted by molar-refractivity contribution is 0.0333. The van der Waals surface area contributed by atoms with Crippen molar-refractivity contribution in [2.45, 2.75) is 50.7 Å². The van der Waals surface area contributed by atoms with E-state index in [9.17, 15) is 0 Å². The summed E-state index contributed by atoms with van der Waals surface area (Å²) in [5, 5.41) is 0. The van der Waals surface area contributed by atoms with Crippen molar-refractivity contribution in [2.75, 3.05) is 13.7 Å². The minimum atomic E-state index is -0.146. The summed E-state index contributed by atoms with van der Waals surface area (Å²) >= 11 is 0. The van der Waals surface area contributed by atoms with E-state index in [-0.39, 0.29) is 11.5 Å². The van der Waals surface area contributed by atoms with Gasteiger partial charge in [0.15, 0.2) is 0 Å². The molecule has 2 atom stereocenters. The monoisotopic (exact) mass is 365 g/mol. The predicted molar refractivity (Wildman–Crippen MR) is 111 cm³/mol. The number of rotatable bonds is 8. The first-order valence-electron chi connectivity index (χ1n) is 9.80. The highest BCUT2D eigenvalue weighted by Gasteiger charge is 2.40. The molecule has 2 unspecified atom stereocenters. The topological polar surface area (TPSA) is 44.5 Å². The van der Waals surface area contributed by atoms with Crippen LogP contribution in [0.25, 0.3) is 0 Å². The molecule has 0 aliphatic heterocycles. The average molecular weight is 366 g/mol. The lowest BCUT2D eigenvalue weighted by Crippen LogP contribution is -2.38. The zero-order valence-electron chi connectivity index (χ0n) is 16.5. The van der Waals surface area contributed by atoms with Gasteiger partial charge in [0.25, 0.3) is 0 Å². The summed E-state index contributed by atoms with van der Waals surface area (Å²) in [6.07, 6.45) is 3.90. The Labute approximate surface area is 163 Å². The van der Waals surface area contributed by atoms with Gasteiger partial charge in [-0.2, -0.15) is 0 Å². The first-order chi connectivity index (χ1) is 13.1. The molecule has 1 aliphatic carbocycles. The molecule has 0 bridgehead atoms. The SMILES string of the molecule is C=C1CCc2ccc(OC)cc2C1(CCN)CC(C)OCc1ccccc1. The van der Waals surface area contributed by atoms with Crippen LogP contribution in [0.5, 0.6) is 5.75 Å². The van der Waals surface area contributed by atoms with Crippen molar-refractivity contribution < 1.29 is 9.47 Å². The molecule has 0 fully saturated rings. The van der Waals surface area contributed by atoms with Crippen molar-refractivity contribution >= 4 is 0 Å². The third-order valence-corrected chi connectivity index (χ3v) is 5.79. The molecule has 3 nitrogen and oxygen atoms in total. The molecule has 3 rings (SSSR count). The summed E-state index contributed by atoms with van der Waals surface area (Å²) in [6.45, 7) is 7.87. The molecular weight excluding hydrogens is 334 g/mol. The van der Waals surface area contributed by atoms with Crippen molar-refractivity contribution in [3.8, 4) is 5.75 Å². The number of benzene rings is 2. The maximum atomic E-state index is 6.21. The van der Waals surface area contributed by atoms with Gasteiger partial charge in [0.1, 0.15) is 5.75 Å². The molecular formula is C24H31NO2. The van der Waals surface area contributed by atoms with Gasteiger partial charge in [-0.25, -0.2) is 0 Å². The Morgan fingerprint density at radius 2 is 1.93 bits per heavy atom. The molecule has 3 heteroatoms. The van der Waals surface area contributed by atoms with Crippen LogP contribution in [0.15, 0.2) is 60.7 Å². The number of allylic oxidation sites excluding steroid dienone is 1. The molecule has 144 valence electrons. The van der Waals surface area contributed by atoms with Crippen LogP contribution in [0, 0.1) is 0 Å². The molecule has 0 amide bonds. The van der Waals surface area contributed by atoms with E-state index in [4.69, 9.17) is 15.2 Å². The third-order valence-electron chi connectivity index (χ3n) is 5.79. The highest BCUT2D eigenvalue weighted by Crippen LogP contribution is 2.47. The lowest BCUT2D eigenvalue weighted by Gasteiger charge is -2.43. The van der Waals surface area contributed by atoms with Crippen molar-refractivity contribution in [1.82, 2.24) is 0 Å². The van der Waals surface area contributed by atoms with Crippen molar-refractivity contribution in [3.05, 3.63) is 77.4 Å². The van der Waals surface area contributed by atoms with E-state index in [0.29, 0.717) is 13.2 Å². The summed E-state index contributed by atoms with van der Waals surface area (Å²) in [4.78, 5) is 0. The second-order valence-corrected chi connectivity index (χ2v) is 7.56. The molecule has 0 spiro atoms. The van der Waals surface area contributed by atoms with Gasteiger partial charge < -0.3 is 15.2 Å². The fourth-order valence-corrected chi connectivity index (χ4v) is 4.34. The fraction of sp³-hybridized carbons (Fsp3) is 0.417. The Hall–Kier alpha value is -2.10. The second kappa shape index (κ2) is 8.73. The van der Waals surface area contributed by atoms with E-state index in [1.165, 1.54) is 22.3 Å². The van der Waals surface area contributed by atoms with Crippen LogP contribution in [-0.4, -0.2) is 19.8 Å². The van der Waals surface area contributed by atoms with Crippen LogP contribution in [-0.2, 0) is 23.2 Å². The Kier molecular flexibility index (Phi) is 6.35. The van der Waals surface area contributed by atoms with Crippen LogP contribution >= 0.6 is 0 Å². The molecule has 2 aromatic carbocycles. The smallest absolute Gasteiger partial charge is 0.119 e. The molecule has 0 saturated heterocycles. The summed E-state index contributed by atoms with van der Waals surface area (Å²) in [5.41, 5.74) is 11.1. The zero-order chi connectivity index (χ0) is 19.3. The van der Waals surface area contributed by atoms with Gasteiger partial charge >= 0.3 is 0 Å². The number of nitrogens with two attached hydrogens (primary N) is 1. The van der Waals surface area contributed by atoms with E-state index >= 15 is 0 Å². The largest absolute Gasteiger partial charge is 0.497 e. The Morgan fingerprint density at radius 3 is 2.63 bits per heavy atom. The minimum absolute atomic E-state index is 0.102. The zero-order valence-corrected chi connectivity index (χ0v) is 16.5. The molecule has 0 radical (unpaired) electrons. The highest BCUT2D eigenvalue weighted by atomic mass is 16.5. The summed E-state index contributed by atoms with van der Waals surface area (Å²) in [5.74, 6) is 0.891. The van der Waals surface area contributed by atoms with Gasteiger partial charge in [-0.3, -0.25) is 0 Å². The first-order valence-corrected chi connectivity index (χ1v) is 9.80. The van der Waals surface area contributed by atoms with E-state index in [1.54, 1.807) is 7.11 Å². The number of hydrogen-bond donors (Lipinski definition) is 1. The van der Waals surface area contributed by atoms with Gasteiger partial charge in [0.2, 0.25) is 0 Å². The Balaban J connectivity index is 1.85. The van der Waals surface area contributed by atoms with Crippen LogP contribution in [0.3, 0.4) is 0 Å². The fourth-order valence-electron chi connectivity index (χ4n) is 4.34. The quantitative estimate of drug-likeness (QED) is 0.685. The predicted octanol–water partition coefficient (Wildman–Crippen LogP) is 4.78. The van der Waals surface area contributed by atoms with Crippen molar-refractivity contribution in [1.29, 1.82) is 0 Å². The van der Waals surface area contributed by atoms with Gasteiger partial charge in [-0.05, 0) is 68.0 Å². The number of aryl methyl sites for hydroxylation is 1. The maximum absolute atomic E-state index is 6.21. The number of fused-ring (bicyclic) bond motifs is 1. The summed E-state index contributed by atoms with van der Waals surface area (Å²) in [7, 11) is 1.72. The van der Waals surface area contributed by atoms with Gasteiger partial charge in [0, 0.05) is 5.41 Å². The minimum Gasteiger partial charge on any atom is -0.497 e. The number of ether oxygens (including phenoxy) is 2. The maximum Gasteiger partial charge on any atom is 0.119 e. The number of hydrogen-bond acceptors (Lipinski definition) is 3.